The molecule has 2 nitrogen and oxygen atoms in total. The highest BCUT2D eigenvalue weighted by molar-refractivity contribution is 5.94. The minimum absolute atomic E-state index is 0.511. The van der Waals surface area contributed by atoms with Gasteiger partial charge >= 0.3 is 0 Å². The van der Waals surface area contributed by atoms with Gasteiger partial charge in [0.1, 0.15) is 5.84 Å². The molecular weight excluding hydrogens is 208 g/mol. The number of hydrogen-bond acceptors (Lipinski definition) is 1. The van der Waals surface area contributed by atoms with Crippen LogP contribution in [0.5, 0.6) is 0 Å². The second-order valence-corrected chi connectivity index (χ2v) is 4.64. The summed E-state index contributed by atoms with van der Waals surface area (Å²) in [6.45, 7) is 0. The van der Waals surface area contributed by atoms with Crippen molar-refractivity contribution < 1.29 is 0 Å². The van der Waals surface area contributed by atoms with E-state index < -0.39 is 0 Å². The van der Waals surface area contributed by atoms with Crippen molar-refractivity contribution in [1.82, 2.24) is 5.32 Å². The third kappa shape index (κ3) is 4.06. The van der Waals surface area contributed by atoms with Crippen molar-refractivity contribution in [2.45, 2.75) is 38.1 Å². The Bertz CT molecular complexity index is 375. The van der Waals surface area contributed by atoms with E-state index in [0.29, 0.717) is 11.9 Å². The van der Waals surface area contributed by atoms with Gasteiger partial charge in [-0.2, -0.15) is 0 Å². The van der Waals surface area contributed by atoms with E-state index in [1.54, 1.807) is 0 Å². The molecule has 17 heavy (non-hydrogen) atoms. The molecule has 0 heterocycles. The summed E-state index contributed by atoms with van der Waals surface area (Å²) in [4.78, 5) is 0. The van der Waals surface area contributed by atoms with Crippen molar-refractivity contribution >= 4 is 11.9 Å². The lowest BCUT2D eigenvalue weighted by Gasteiger charge is -2.23. The highest BCUT2D eigenvalue weighted by Gasteiger charge is 2.12. The Morgan fingerprint density at radius 1 is 1.12 bits per heavy atom. The zero-order chi connectivity index (χ0) is 11.9. The van der Waals surface area contributed by atoms with Crippen molar-refractivity contribution in [3.8, 4) is 0 Å². The molecule has 0 radical (unpaired) electrons. The summed E-state index contributed by atoms with van der Waals surface area (Å²) >= 11 is 0. The molecule has 90 valence electrons. The molecule has 2 heteroatoms. The molecule has 0 unspecified atom stereocenters. The first kappa shape index (κ1) is 11.9. The lowest BCUT2D eigenvalue weighted by Crippen LogP contribution is -2.34. The number of amidine groups is 1. The van der Waals surface area contributed by atoms with Crippen LogP contribution in [0.1, 0.15) is 37.7 Å². The maximum absolute atomic E-state index is 7.88. The van der Waals surface area contributed by atoms with Crippen molar-refractivity contribution in [2.75, 3.05) is 0 Å². The van der Waals surface area contributed by atoms with E-state index in [0.717, 1.165) is 5.56 Å². The third-order valence-corrected chi connectivity index (χ3v) is 3.21. The summed E-state index contributed by atoms with van der Waals surface area (Å²) in [7, 11) is 0. The van der Waals surface area contributed by atoms with E-state index in [1.807, 2.05) is 42.5 Å². The van der Waals surface area contributed by atoms with Crippen LogP contribution in [0.25, 0.3) is 6.08 Å². The molecule has 2 N–H and O–H groups in total. The van der Waals surface area contributed by atoms with Gasteiger partial charge in [0, 0.05) is 6.04 Å². The molecule has 2 rings (SSSR count). The molecule has 0 bridgehead atoms. The summed E-state index contributed by atoms with van der Waals surface area (Å²) < 4.78 is 0. The van der Waals surface area contributed by atoms with E-state index in [9.17, 15) is 0 Å². The van der Waals surface area contributed by atoms with Crippen LogP contribution in [-0.4, -0.2) is 11.9 Å². The Morgan fingerprint density at radius 3 is 2.53 bits per heavy atom. The average molecular weight is 228 g/mol. The van der Waals surface area contributed by atoms with Crippen LogP contribution < -0.4 is 5.32 Å². The van der Waals surface area contributed by atoms with E-state index in [2.05, 4.69) is 5.32 Å². The molecule has 1 aromatic rings. The van der Waals surface area contributed by atoms with Crippen LogP contribution in [0.3, 0.4) is 0 Å². The van der Waals surface area contributed by atoms with Gasteiger partial charge in [-0.1, -0.05) is 55.7 Å². The van der Waals surface area contributed by atoms with E-state index in [-0.39, 0.29) is 0 Å². The lowest BCUT2D eigenvalue weighted by atomic mass is 9.95. The fraction of sp³-hybridized carbons (Fsp3) is 0.400. The van der Waals surface area contributed by atoms with Crippen molar-refractivity contribution in [3.05, 3.63) is 42.0 Å². The van der Waals surface area contributed by atoms with Crippen molar-refractivity contribution in [3.63, 3.8) is 0 Å². The average Bonchev–Trinajstić information content (AvgIpc) is 2.39. The van der Waals surface area contributed by atoms with Gasteiger partial charge in [0.15, 0.2) is 0 Å². The predicted molar refractivity (Wildman–Crippen MR) is 73.2 cm³/mol. The van der Waals surface area contributed by atoms with Crippen LogP contribution >= 0.6 is 0 Å². The van der Waals surface area contributed by atoms with Crippen LogP contribution in [0, 0.1) is 5.41 Å². The first-order valence-corrected chi connectivity index (χ1v) is 6.43. The lowest BCUT2D eigenvalue weighted by molar-refractivity contribution is 0.413. The molecule has 0 spiro atoms. The van der Waals surface area contributed by atoms with Gasteiger partial charge in [-0.3, -0.25) is 5.41 Å². The standard InChI is InChI=1S/C15H20N2/c16-15(17-14-9-5-2-6-10-14)12-11-13-7-3-1-4-8-13/h1,3-4,7-8,11-12,14H,2,5-6,9-10H2,(H2,16,17)/b12-11+. The van der Waals surface area contributed by atoms with E-state index in [4.69, 9.17) is 5.41 Å². The molecule has 0 saturated heterocycles. The molecule has 1 aromatic carbocycles. The van der Waals surface area contributed by atoms with Crippen LogP contribution in [0.15, 0.2) is 36.4 Å². The minimum Gasteiger partial charge on any atom is -0.368 e. The molecule has 1 fully saturated rings. The SMILES string of the molecule is N=C(/C=C/c1ccccc1)NC1CCCCC1. The summed E-state index contributed by atoms with van der Waals surface area (Å²) in [6, 6.07) is 10.6. The van der Waals surface area contributed by atoms with Gasteiger partial charge in [-0.05, 0) is 24.5 Å². The van der Waals surface area contributed by atoms with Crippen molar-refractivity contribution in [2.24, 2.45) is 0 Å². The zero-order valence-electron chi connectivity index (χ0n) is 10.2. The fourth-order valence-electron chi connectivity index (χ4n) is 2.26. The number of hydrogen-bond donors (Lipinski definition) is 2. The molecule has 1 aliphatic carbocycles. The highest BCUT2D eigenvalue weighted by atomic mass is 15.0. The minimum atomic E-state index is 0.511. The molecular formula is C15H20N2. The van der Waals surface area contributed by atoms with Gasteiger partial charge < -0.3 is 5.32 Å². The molecule has 1 aliphatic rings. The topological polar surface area (TPSA) is 35.9 Å². The number of benzene rings is 1. The van der Waals surface area contributed by atoms with Crippen LogP contribution in [0.2, 0.25) is 0 Å². The molecule has 1 saturated carbocycles. The Labute approximate surface area is 103 Å². The van der Waals surface area contributed by atoms with Crippen LogP contribution in [0.4, 0.5) is 0 Å². The summed E-state index contributed by atoms with van der Waals surface area (Å²) in [6.07, 6.45) is 10.2. The maximum Gasteiger partial charge on any atom is 0.118 e. The monoisotopic (exact) mass is 228 g/mol. The number of rotatable bonds is 3. The Morgan fingerprint density at radius 2 is 1.82 bits per heavy atom. The van der Waals surface area contributed by atoms with Gasteiger partial charge in [0.25, 0.3) is 0 Å². The zero-order valence-corrected chi connectivity index (χ0v) is 10.2. The second kappa shape index (κ2) is 6.24. The van der Waals surface area contributed by atoms with Gasteiger partial charge in [0.2, 0.25) is 0 Å². The summed E-state index contributed by atoms with van der Waals surface area (Å²) in [5.74, 6) is 0.528. The highest BCUT2D eigenvalue weighted by Crippen LogP contribution is 2.17. The van der Waals surface area contributed by atoms with Gasteiger partial charge in [-0.15, -0.1) is 0 Å². The number of nitrogens with one attached hydrogen (secondary N) is 2. The largest absolute Gasteiger partial charge is 0.368 e. The molecule has 0 atom stereocenters. The normalized spacial score (nSPS) is 17.2. The second-order valence-electron chi connectivity index (χ2n) is 4.64. The smallest absolute Gasteiger partial charge is 0.118 e. The van der Waals surface area contributed by atoms with Gasteiger partial charge in [-0.25, -0.2) is 0 Å². The summed E-state index contributed by atoms with van der Waals surface area (Å²) in [5.41, 5.74) is 1.14. The Balaban J connectivity index is 1.82. The van der Waals surface area contributed by atoms with Crippen LogP contribution in [-0.2, 0) is 0 Å². The predicted octanol–water partition coefficient (Wildman–Crippen LogP) is 3.60. The maximum atomic E-state index is 7.88. The Hall–Kier alpha value is -1.57. The first-order valence-electron chi connectivity index (χ1n) is 6.43. The van der Waals surface area contributed by atoms with Gasteiger partial charge in [0.05, 0.1) is 0 Å². The van der Waals surface area contributed by atoms with Crippen molar-refractivity contribution in [1.29, 1.82) is 5.41 Å². The quantitative estimate of drug-likeness (QED) is 0.602. The Kier molecular flexibility index (Phi) is 4.37. The van der Waals surface area contributed by atoms with E-state index in [1.165, 1.54) is 32.1 Å². The summed E-state index contributed by atoms with van der Waals surface area (Å²) in [5, 5.41) is 11.2. The first-order chi connectivity index (χ1) is 8.34. The fourth-order valence-corrected chi connectivity index (χ4v) is 2.26. The molecule has 0 amide bonds. The van der Waals surface area contributed by atoms with E-state index >= 15 is 0 Å². The molecule has 0 aliphatic heterocycles. The molecule has 0 aromatic heterocycles. The third-order valence-electron chi connectivity index (χ3n) is 3.21.